The summed E-state index contributed by atoms with van der Waals surface area (Å²) in [6.45, 7) is 10.8. The van der Waals surface area contributed by atoms with E-state index in [9.17, 15) is 0 Å². The van der Waals surface area contributed by atoms with Gasteiger partial charge in [-0.3, -0.25) is 0 Å². The SMILES string of the molecule is CCCN1CCCC(CCNCC)C1. The van der Waals surface area contributed by atoms with E-state index in [1.807, 2.05) is 0 Å². The first-order valence-electron chi connectivity index (χ1n) is 6.29. The van der Waals surface area contributed by atoms with Crippen LogP contribution < -0.4 is 5.32 Å². The molecule has 1 aliphatic rings. The third-order valence-corrected chi connectivity index (χ3v) is 3.12. The number of piperidine rings is 1. The maximum atomic E-state index is 3.42. The Labute approximate surface area is 89.1 Å². The van der Waals surface area contributed by atoms with Crippen molar-refractivity contribution in [2.75, 3.05) is 32.7 Å². The summed E-state index contributed by atoms with van der Waals surface area (Å²) in [5.41, 5.74) is 0. The van der Waals surface area contributed by atoms with Gasteiger partial charge in [-0.2, -0.15) is 0 Å². The van der Waals surface area contributed by atoms with Gasteiger partial charge in [0.2, 0.25) is 0 Å². The number of likely N-dealkylation sites (tertiary alicyclic amines) is 1. The number of nitrogens with zero attached hydrogens (tertiary/aromatic N) is 1. The number of nitrogens with one attached hydrogen (secondary N) is 1. The zero-order valence-electron chi connectivity index (χ0n) is 9.89. The molecule has 0 saturated carbocycles. The van der Waals surface area contributed by atoms with Gasteiger partial charge in [-0.15, -0.1) is 0 Å². The van der Waals surface area contributed by atoms with Crippen LogP contribution in [-0.4, -0.2) is 37.6 Å². The Morgan fingerprint density at radius 3 is 2.93 bits per heavy atom. The predicted molar refractivity (Wildman–Crippen MR) is 62.6 cm³/mol. The topological polar surface area (TPSA) is 15.3 Å². The molecule has 84 valence electrons. The maximum Gasteiger partial charge on any atom is 0.00101 e. The van der Waals surface area contributed by atoms with Gasteiger partial charge in [0.1, 0.15) is 0 Å². The van der Waals surface area contributed by atoms with E-state index in [2.05, 4.69) is 24.1 Å². The molecular formula is C12H26N2. The second-order valence-electron chi connectivity index (χ2n) is 4.45. The first-order chi connectivity index (χ1) is 6.86. The molecular weight excluding hydrogens is 172 g/mol. The van der Waals surface area contributed by atoms with Gasteiger partial charge in [-0.1, -0.05) is 13.8 Å². The highest BCUT2D eigenvalue weighted by Crippen LogP contribution is 2.18. The lowest BCUT2D eigenvalue weighted by molar-refractivity contribution is 0.169. The van der Waals surface area contributed by atoms with Gasteiger partial charge in [0.05, 0.1) is 0 Å². The van der Waals surface area contributed by atoms with Crippen LogP contribution in [-0.2, 0) is 0 Å². The van der Waals surface area contributed by atoms with Crippen LogP contribution in [0, 0.1) is 5.92 Å². The van der Waals surface area contributed by atoms with Crippen molar-refractivity contribution >= 4 is 0 Å². The summed E-state index contributed by atoms with van der Waals surface area (Å²) >= 11 is 0. The van der Waals surface area contributed by atoms with Crippen LogP contribution in [0.1, 0.15) is 39.5 Å². The van der Waals surface area contributed by atoms with Crippen molar-refractivity contribution in [3.8, 4) is 0 Å². The van der Waals surface area contributed by atoms with E-state index in [1.165, 1.54) is 51.9 Å². The summed E-state index contributed by atoms with van der Waals surface area (Å²) in [6, 6.07) is 0. The van der Waals surface area contributed by atoms with Gasteiger partial charge in [0, 0.05) is 6.54 Å². The van der Waals surface area contributed by atoms with Crippen molar-refractivity contribution in [3.63, 3.8) is 0 Å². The molecule has 2 nitrogen and oxygen atoms in total. The monoisotopic (exact) mass is 198 g/mol. The summed E-state index contributed by atoms with van der Waals surface area (Å²) in [6.07, 6.45) is 5.54. The van der Waals surface area contributed by atoms with E-state index in [-0.39, 0.29) is 0 Å². The average molecular weight is 198 g/mol. The highest BCUT2D eigenvalue weighted by Gasteiger charge is 2.18. The Kier molecular flexibility index (Phi) is 6.20. The van der Waals surface area contributed by atoms with Crippen LogP contribution in [0.15, 0.2) is 0 Å². The van der Waals surface area contributed by atoms with Crippen molar-refractivity contribution in [2.24, 2.45) is 5.92 Å². The Morgan fingerprint density at radius 1 is 1.36 bits per heavy atom. The van der Waals surface area contributed by atoms with E-state index in [1.54, 1.807) is 0 Å². The van der Waals surface area contributed by atoms with Gasteiger partial charge >= 0.3 is 0 Å². The highest BCUT2D eigenvalue weighted by atomic mass is 15.1. The summed E-state index contributed by atoms with van der Waals surface area (Å²) in [5.74, 6) is 0.953. The van der Waals surface area contributed by atoms with Crippen LogP contribution in [0.3, 0.4) is 0 Å². The number of hydrogen-bond donors (Lipinski definition) is 1. The normalized spacial score (nSPS) is 24.0. The molecule has 0 radical (unpaired) electrons. The first-order valence-corrected chi connectivity index (χ1v) is 6.29. The van der Waals surface area contributed by atoms with Crippen molar-refractivity contribution in [3.05, 3.63) is 0 Å². The smallest absolute Gasteiger partial charge is 0.00101 e. The summed E-state index contributed by atoms with van der Waals surface area (Å²) in [5, 5.41) is 3.42. The molecule has 1 fully saturated rings. The second-order valence-corrected chi connectivity index (χ2v) is 4.45. The van der Waals surface area contributed by atoms with Crippen molar-refractivity contribution < 1.29 is 0 Å². The molecule has 0 amide bonds. The fraction of sp³-hybridized carbons (Fsp3) is 1.00. The van der Waals surface area contributed by atoms with Crippen molar-refractivity contribution in [1.82, 2.24) is 10.2 Å². The average Bonchev–Trinajstić information content (AvgIpc) is 2.19. The van der Waals surface area contributed by atoms with Gasteiger partial charge < -0.3 is 10.2 Å². The fourth-order valence-corrected chi connectivity index (χ4v) is 2.39. The molecule has 0 aromatic heterocycles. The molecule has 0 aromatic carbocycles. The molecule has 1 aliphatic heterocycles. The van der Waals surface area contributed by atoms with Gasteiger partial charge in [0.25, 0.3) is 0 Å². The molecule has 0 bridgehead atoms. The van der Waals surface area contributed by atoms with Gasteiger partial charge in [-0.05, 0) is 57.8 Å². The summed E-state index contributed by atoms with van der Waals surface area (Å²) in [7, 11) is 0. The number of hydrogen-bond acceptors (Lipinski definition) is 2. The van der Waals surface area contributed by atoms with Crippen LogP contribution in [0.4, 0.5) is 0 Å². The minimum Gasteiger partial charge on any atom is -0.317 e. The maximum absolute atomic E-state index is 3.42. The molecule has 0 spiro atoms. The highest BCUT2D eigenvalue weighted by molar-refractivity contribution is 4.73. The Morgan fingerprint density at radius 2 is 2.21 bits per heavy atom. The quantitative estimate of drug-likeness (QED) is 0.658. The molecule has 0 aliphatic carbocycles. The fourth-order valence-electron chi connectivity index (χ4n) is 2.39. The molecule has 14 heavy (non-hydrogen) atoms. The van der Waals surface area contributed by atoms with Crippen molar-refractivity contribution in [1.29, 1.82) is 0 Å². The lowest BCUT2D eigenvalue weighted by Gasteiger charge is -2.32. The molecule has 0 aromatic rings. The molecule has 1 unspecified atom stereocenters. The molecule has 1 N–H and O–H groups in total. The van der Waals surface area contributed by atoms with E-state index in [0.717, 1.165) is 12.5 Å². The van der Waals surface area contributed by atoms with Crippen LogP contribution in [0.2, 0.25) is 0 Å². The minimum absolute atomic E-state index is 0.953. The molecule has 1 rings (SSSR count). The molecule has 2 heteroatoms. The lowest BCUT2D eigenvalue weighted by atomic mass is 9.95. The third kappa shape index (κ3) is 4.43. The standard InChI is InChI=1S/C12H26N2/c1-3-9-14-10-5-6-12(11-14)7-8-13-4-2/h12-13H,3-11H2,1-2H3. The van der Waals surface area contributed by atoms with Gasteiger partial charge in [0.15, 0.2) is 0 Å². The van der Waals surface area contributed by atoms with Crippen LogP contribution in [0.25, 0.3) is 0 Å². The van der Waals surface area contributed by atoms with Gasteiger partial charge in [-0.25, -0.2) is 0 Å². The second kappa shape index (κ2) is 7.24. The van der Waals surface area contributed by atoms with Crippen LogP contribution >= 0.6 is 0 Å². The third-order valence-electron chi connectivity index (χ3n) is 3.12. The zero-order chi connectivity index (χ0) is 10.2. The molecule has 1 saturated heterocycles. The lowest BCUT2D eigenvalue weighted by Crippen LogP contribution is -2.36. The van der Waals surface area contributed by atoms with E-state index < -0.39 is 0 Å². The largest absolute Gasteiger partial charge is 0.317 e. The summed E-state index contributed by atoms with van der Waals surface area (Å²) < 4.78 is 0. The van der Waals surface area contributed by atoms with Crippen molar-refractivity contribution in [2.45, 2.75) is 39.5 Å². The van der Waals surface area contributed by atoms with E-state index in [0.29, 0.717) is 0 Å². The number of rotatable bonds is 6. The minimum atomic E-state index is 0.953. The van der Waals surface area contributed by atoms with E-state index in [4.69, 9.17) is 0 Å². The predicted octanol–water partition coefficient (Wildman–Crippen LogP) is 2.11. The molecule has 1 atom stereocenters. The molecule has 1 heterocycles. The van der Waals surface area contributed by atoms with Crippen LogP contribution in [0.5, 0.6) is 0 Å². The summed E-state index contributed by atoms with van der Waals surface area (Å²) in [4.78, 5) is 2.64. The van der Waals surface area contributed by atoms with E-state index >= 15 is 0 Å². The Hall–Kier alpha value is -0.0800. The zero-order valence-corrected chi connectivity index (χ0v) is 9.89. The Bertz CT molecular complexity index is 134. The Balaban J connectivity index is 2.12. The first kappa shape index (κ1) is 12.0.